The summed E-state index contributed by atoms with van der Waals surface area (Å²) >= 11 is 0. The summed E-state index contributed by atoms with van der Waals surface area (Å²) in [6.07, 6.45) is 3.32. The Morgan fingerprint density at radius 3 is 2.76 bits per heavy atom. The van der Waals surface area contributed by atoms with Gasteiger partial charge in [0, 0.05) is 17.3 Å². The van der Waals surface area contributed by atoms with Crippen molar-refractivity contribution in [3.05, 3.63) is 29.3 Å². The van der Waals surface area contributed by atoms with Crippen LogP contribution in [0.1, 0.15) is 49.0 Å². The van der Waals surface area contributed by atoms with Crippen LogP contribution in [0.25, 0.3) is 0 Å². The first-order valence-electron chi connectivity index (χ1n) is 6.21. The average Bonchev–Trinajstić information content (AvgIpc) is 2.26. The minimum Gasteiger partial charge on any atom is -0.399 e. The number of carbonyl (C=O) groups is 1. The SMILES string of the molecule is CCCCC(C)NC(=O)c1ccc(N)cc1C. The summed E-state index contributed by atoms with van der Waals surface area (Å²) in [5, 5.41) is 3.01. The average molecular weight is 234 g/mol. The Kier molecular flexibility index (Phi) is 5.01. The van der Waals surface area contributed by atoms with Gasteiger partial charge in [-0.2, -0.15) is 0 Å². The maximum atomic E-state index is 12.0. The molecule has 0 saturated carbocycles. The molecule has 0 heterocycles. The summed E-state index contributed by atoms with van der Waals surface area (Å²) in [7, 11) is 0. The smallest absolute Gasteiger partial charge is 0.251 e. The van der Waals surface area contributed by atoms with Gasteiger partial charge in [0.2, 0.25) is 0 Å². The molecule has 0 spiro atoms. The molecule has 0 fully saturated rings. The number of hydrogen-bond acceptors (Lipinski definition) is 2. The number of hydrogen-bond donors (Lipinski definition) is 2. The minimum atomic E-state index is -0.00824. The third-order valence-corrected chi connectivity index (χ3v) is 2.86. The largest absolute Gasteiger partial charge is 0.399 e. The molecule has 0 aromatic heterocycles. The van der Waals surface area contributed by atoms with E-state index in [-0.39, 0.29) is 11.9 Å². The van der Waals surface area contributed by atoms with Crippen molar-refractivity contribution in [3.8, 4) is 0 Å². The number of rotatable bonds is 5. The third kappa shape index (κ3) is 4.10. The lowest BCUT2D eigenvalue weighted by molar-refractivity contribution is 0.0937. The minimum absolute atomic E-state index is 0.00824. The van der Waals surface area contributed by atoms with Crippen molar-refractivity contribution in [2.45, 2.75) is 46.1 Å². The molecule has 17 heavy (non-hydrogen) atoms. The zero-order valence-corrected chi connectivity index (χ0v) is 10.9. The van der Waals surface area contributed by atoms with Gasteiger partial charge in [-0.1, -0.05) is 19.8 Å². The Bertz CT molecular complexity index is 388. The second kappa shape index (κ2) is 6.28. The molecule has 1 aromatic carbocycles. The fourth-order valence-electron chi connectivity index (χ4n) is 1.83. The van der Waals surface area contributed by atoms with E-state index in [1.54, 1.807) is 12.1 Å². The van der Waals surface area contributed by atoms with E-state index in [2.05, 4.69) is 12.2 Å². The summed E-state index contributed by atoms with van der Waals surface area (Å²) in [4.78, 5) is 12.0. The van der Waals surface area contributed by atoms with Crippen molar-refractivity contribution in [1.82, 2.24) is 5.32 Å². The van der Waals surface area contributed by atoms with Crippen LogP contribution in [0, 0.1) is 6.92 Å². The van der Waals surface area contributed by atoms with Gasteiger partial charge in [0.15, 0.2) is 0 Å². The van der Waals surface area contributed by atoms with Gasteiger partial charge in [0.25, 0.3) is 5.91 Å². The first kappa shape index (κ1) is 13.6. The summed E-state index contributed by atoms with van der Waals surface area (Å²) < 4.78 is 0. The van der Waals surface area contributed by atoms with Crippen LogP contribution in [0.3, 0.4) is 0 Å². The molecule has 3 nitrogen and oxygen atoms in total. The summed E-state index contributed by atoms with van der Waals surface area (Å²) in [6, 6.07) is 5.59. The van der Waals surface area contributed by atoms with Crippen molar-refractivity contribution in [2.75, 3.05) is 5.73 Å². The van der Waals surface area contributed by atoms with Gasteiger partial charge >= 0.3 is 0 Å². The van der Waals surface area contributed by atoms with Crippen LogP contribution < -0.4 is 11.1 Å². The molecule has 3 N–H and O–H groups in total. The molecule has 94 valence electrons. The molecule has 1 rings (SSSR count). The Labute approximate surface area is 103 Å². The van der Waals surface area contributed by atoms with Gasteiger partial charge in [0.1, 0.15) is 0 Å². The maximum absolute atomic E-state index is 12.0. The van der Waals surface area contributed by atoms with Gasteiger partial charge < -0.3 is 11.1 Å². The van der Waals surface area contributed by atoms with Gasteiger partial charge in [-0.05, 0) is 44.0 Å². The number of carbonyl (C=O) groups excluding carboxylic acids is 1. The predicted molar refractivity (Wildman–Crippen MR) is 72.0 cm³/mol. The van der Waals surface area contributed by atoms with Gasteiger partial charge in [-0.15, -0.1) is 0 Å². The Morgan fingerprint density at radius 2 is 2.18 bits per heavy atom. The number of nitrogen functional groups attached to an aromatic ring is 1. The molecule has 1 atom stereocenters. The van der Waals surface area contributed by atoms with E-state index in [4.69, 9.17) is 5.73 Å². The lowest BCUT2D eigenvalue weighted by Gasteiger charge is -2.14. The van der Waals surface area contributed by atoms with Crippen molar-refractivity contribution >= 4 is 11.6 Å². The standard InChI is InChI=1S/C14H22N2O/c1-4-5-6-11(3)16-14(17)13-8-7-12(15)9-10(13)2/h7-9,11H,4-6,15H2,1-3H3,(H,16,17). The molecule has 1 unspecified atom stereocenters. The van der Waals surface area contributed by atoms with Crippen molar-refractivity contribution in [2.24, 2.45) is 0 Å². The normalized spacial score (nSPS) is 12.2. The van der Waals surface area contributed by atoms with Crippen LogP contribution in [0.15, 0.2) is 18.2 Å². The molecular weight excluding hydrogens is 212 g/mol. The monoisotopic (exact) mass is 234 g/mol. The first-order valence-corrected chi connectivity index (χ1v) is 6.21. The number of benzene rings is 1. The zero-order valence-electron chi connectivity index (χ0n) is 10.9. The number of nitrogens with one attached hydrogen (secondary N) is 1. The van der Waals surface area contributed by atoms with Gasteiger partial charge in [0.05, 0.1) is 0 Å². The fourth-order valence-corrected chi connectivity index (χ4v) is 1.83. The van der Waals surface area contributed by atoms with Crippen LogP contribution in [-0.4, -0.2) is 11.9 Å². The molecule has 1 aromatic rings. The Morgan fingerprint density at radius 1 is 1.47 bits per heavy atom. The van der Waals surface area contributed by atoms with Crippen LogP contribution in [0.2, 0.25) is 0 Å². The lowest BCUT2D eigenvalue weighted by atomic mass is 10.1. The Balaban J connectivity index is 2.63. The lowest BCUT2D eigenvalue weighted by Crippen LogP contribution is -2.32. The molecule has 3 heteroatoms. The molecule has 0 aliphatic heterocycles. The number of anilines is 1. The molecule has 1 amide bonds. The van der Waals surface area contributed by atoms with Crippen LogP contribution in [0.4, 0.5) is 5.69 Å². The van der Waals surface area contributed by atoms with E-state index in [1.807, 2.05) is 19.9 Å². The van der Waals surface area contributed by atoms with Crippen LogP contribution >= 0.6 is 0 Å². The molecule has 0 aliphatic carbocycles. The van der Waals surface area contributed by atoms with Crippen molar-refractivity contribution in [3.63, 3.8) is 0 Å². The van der Waals surface area contributed by atoms with E-state index in [0.717, 1.165) is 24.8 Å². The van der Waals surface area contributed by atoms with E-state index in [0.29, 0.717) is 11.3 Å². The highest BCUT2D eigenvalue weighted by Gasteiger charge is 2.11. The fraction of sp³-hybridized carbons (Fsp3) is 0.500. The molecule has 0 bridgehead atoms. The number of amides is 1. The quantitative estimate of drug-likeness (QED) is 0.770. The summed E-state index contributed by atoms with van der Waals surface area (Å²) in [5.41, 5.74) is 7.99. The highest BCUT2D eigenvalue weighted by molar-refractivity contribution is 5.96. The second-order valence-electron chi connectivity index (χ2n) is 4.59. The second-order valence-corrected chi connectivity index (χ2v) is 4.59. The Hall–Kier alpha value is -1.51. The molecule has 0 aliphatic rings. The van der Waals surface area contributed by atoms with E-state index < -0.39 is 0 Å². The van der Waals surface area contributed by atoms with Crippen LogP contribution in [-0.2, 0) is 0 Å². The summed E-state index contributed by atoms with van der Waals surface area (Å²) in [6.45, 7) is 6.10. The topological polar surface area (TPSA) is 55.1 Å². The summed E-state index contributed by atoms with van der Waals surface area (Å²) in [5.74, 6) is -0.00824. The molecular formula is C14H22N2O. The van der Waals surface area contributed by atoms with Crippen molar-refractivity contribution in [1.29, 1.82) is 0 Å². The van der Waals surface area contributed by atoms with E-state index in [9.17, 15) is 4.79 Å². The third-order valence-electron chi connectivity index (χ3n) is 2.86. The van der Waals surface area contributed by atoms with Gasteiger partial charge in [-0.25, -0.2) is 0 Å². The van der Waals surface area contributed by atoms with Crippen LogP contribution in [0.5, 0.6) is 0 Å². The van der Waals surface area contributed by atoms with Crippen molar-refractivity contribution < 1.29 is 4.79 Å². The highest BCUT2D eigenvalue weighted by atomic mass is 16.1. The first-order chi connectivity index (χ1) is 8.04. The number of nitrogens with two attached hydrogens (primary N) is 1. The highest BCUT2D eigenvalue weighted by Crippen LogP contribution is 2.13. The predicted octanol–water partition coefficient (Wildman–Crippen LogP) is 2.89. The number of unbranched alkanes of at least 4 members (excludes halogenated alkanes) is 1. The molecule has 0 saturated heterocycles. The number of aryl methyl sites for hydroxylation is 1. The van der Waals surface area contributed by atoms with E-state index >= 15 is 0 Å². The maximum Gasteiger partial charge on any atom is 0.251 e. The zero-order chi connectivity index (χ0) is 12.8. The molecule has 0 radical (unpaired) electrons. The van der Waals surface area contributed by atoms with Gasteiger partial charge in [-0.3, -0.25) is 4.79 Å². The van der Waals surface area contributed by atoms with E-state index in [1.165, 1.54) is 0 Å².